The number of hydrogen-bond acceptors (Lipinski definition) is 2. The highest BCUT2D eigenvalue weighted by atomic mass is 35.5. The zero-order valence-corrected chi connectivity index (χ0v) is 11.9. The fourth-order valence-corrected chi connectivity index (χ4v) is 2.01. The monoisotopic (exact) mass is 277 g/mol. The molecule has 0 unspecified atom stereocenters. The molecule has 4 nitrogen and oxygen atoms in total. The van der Waals surface area contributed by atoms with Crippen molar-refractivity contribution in [1.82, 2.24) is 15.3 Å². The van der Waals surface area contributed by atoms with Gasteiger partial charge in [0, 0.05) is 22.5 Å². The van der Waals surface area contributed by atoms with Gasteiger partial charge < -0.3 is 10.3 Å². The molecule has 0 fully saturated rings. The van der Waals surface area contributed by atoms with Gasteiger partial charge in [0.15, 0.2) is 0 Å². The van der Waals surface area contributed by atoms with Crippen LogP contribution in [0.3, 0.4) is 0 Å². The van der Waals surface area contributed by atoms with Gasteiger partial charge in [-0.05, 0) is 38.5 Å². The summed E-state index contributed by atoms with van der Waals surface area (Å²) < 4.78 is 0. The van der Waals surface area contributed by atoms with E-state index in [-0.39, 0.29) is 11.9 Å². The number of aromatic amines is 1. The zero-order chi connectivity index (χ0) is 14.0. The van der Waals surface area contributed by atoms with Crippen LogP contribution >= 0.6 is 11.6 Å². The van der Waals surface area contributed by atoms with Crippen LogP contribution < -0.4 is 5.32 Å². The van der Waals surface area contributed by atoms with E-state index in [0.29, 0.717) is 10.6 Å². The molecule has 1 atom stereocenters. The first-order chi connectivity index (χ1) is 8.97. The van der Waals surface area contributed by atoms with Crippen molar-refractivity contribution in [3.05, 3.63) is 52.1 Å². The molecule has 0 bridgehead atoms. The molecule has 100 valence electrons. The number of imidazole rings is 1. The lowest BCUT2D eigenvalue weighted by Gasteiger charge is -2.13. The first kappa shape index (κ1) is 13.6. The maximum absolute atomic E-state index is 12.2. The molecule has 1 aromatic heterocycles. The highest BCUT2D eigenvalue weighted by Crippen LogP contribution is 2.16. The van der Waals surface area contributed by atoms with Crippen molar-refractivity contribution in [2.45, 2.75) is 26.8 Å². The first-order valence-corrected chi connectivity index (χ1v) is 6.43. The van der Waals surface area contributed by atoms with Crippen LogP contribution in [0.1, 0.15) is 40.4 Å². The number of amides is 1. The summed E-state index contributed by atoms with van der Waals surface area (Å²) in [6.07, 6.45) is 1.74. The first-order valence-electron chi connectivity index (χ1n) is 6.06. The Hall–Kier alpha value is -1.81. The van der Waals surface area contributed by atoms with Crippen molar-refractivity contribution in [1.29, 1.82) is 0 Å². The second kappa shape index (κ2) is 5.45. The molecule has 2 aromatic rings. The second-order valence-corrected chi connectivity index (χ2v) is 5.04. The smallest absolute Gasteiger partial charge is 0.252 e. The minimum Gasteiger partial charge on any atom is -0.344 e. The quantitative estimate of drug-likeness (QED) is 0.905. The van der Waals surface area contributed by atoms with Gasteiger partial charge in [-0.15, -0.1) is 0 Å². The summed E-state index contributed by atoms with van der Waals surface area (Å²) in [5.41, 5.74) is 2.45. The third-order valence-corrected chi connectivity index (χ3v) is 3.16. The summed E-state index contributed by atoms with van der Waals surface area (Å²) in [7, 11) is 0. The number of nitrogens with zero attached hydrogens (tertiary/aromatic N) is 1. The number of carbonyl (C=O) groups is 1. The van der Waals surface area contributed by atoms with E-state index >= 15 is 0 Å². The highest BCUT2D eigenvalue weighted by molar-refractivity contribution is 6.31. The summed E-state index contributed by atoms with van der Waals surface area (Å²) in [6, 6.07) is 5.10. The number of carbonyl (C=O) groups excluding carboxylic acids is 1. The molecular weight excluding hydrogens is 262 g/mol. The van der Waals surface area contributed by atoms with E-state index in [1.807, 2.05) is 26.8 Å². The van der Waals surface area contributed by atoms with Gasteiger partial charge in [-0.2, -0.15) is 0 Å². The summed E-state index contributed by atoms with van der Waals surface area (Å²) >= 11 is 5.92. The predicted molar refractivity (Wildman–Crippen MR) is 75.4 cm³/mol. The molecule has 0 radical (unpaired) electrons. The van der Waals surface area contributed by atoms with E-state index in [9.17, 15) is 4.79 Å². The number of aromatic nitrogens is 2. The molecule has 2 rings (SSSR count). The average molecular weight is 278 g/mol. The molecule has 0 spiro atoms. The van der Waals surface area contributed by atoms with Crippen molar-refractivity contribution in [3.63, 3.8) is 0 Å². The van der Waals surface area contributed by atoms with Gasteiger partial charge in [-0.3, -0.25) is 4.79 Å². The Bertz CT molecular complexity index is 606. The molecule has 0 saturated heterocycles. The minimum atomic E-state index is -0.181. The molecule has 2 N–H and O–H groups in total. The fraction of sp³-hybridized carbons (Fsp3) is 0.286. The molecule has 5 heteroatoms. The fourth-order valence-electron chi connectivity index (χ4n) is 1.83. The van der Waals surface area contributed by atoms with E-state index in [4.69, 9.17) is 11.6 Å². The van der Waals surface area contributed by atoms with Gasteiger partial charge in [-0.25, -0.2) is 4.98 Å². The van der Waals surface area contributed by atoms with Crippen LogP contribution in [0, 0.1) is 13.8 Å². The summed E-state index contributed by atoms with van der Waals surface area (Å²) in [6.45, 7) is 5.69. The van der Waals surface area contributed by atoms with Gasteiger partial charge >= 0.3 is 0 Å². The molecule has 0 saturated carbocycles. The van der Waals surface area contributed by atoms with Crippen molar-refractivity contribution < 1.29 is 4.79 Å². The van der Waals surface area contributed by atoms with Gasteiger partial charge in [-0.1, -0.05) is 17.7 Å². The van der Waals surface area contributed by atoms with Crippen LogP contribution in [0.5, 0.6) is 0 Å². The van der Waals surface area contributed by atoms with Gasteiger partial charge in [0.05, 0.1) is 6.04 Å². The SMILES string of the molecule is Cc1cnc([C@H](C)NC(=O)c2cc(Cl)ccc2C)[nH]1. The van der Waals surface area contributed by atoms with Crippen LogP contribution in [0.4, 0.5) is 0 Å². The Morgan fingerprint density at radius 3 is 2.79 bits per heavy atom. The number of halogens is 1. The van der Waals surface area contributed by atoms with Crippen molar-refractivity contribution in [2.75, 3.05) is 0 Å². The summed E-state index contributed by atoms with van der Waals surface area (Å²) in [4.78, 5) is 19.5. The Kier molecular flexibility index (Phi) is 3.90. The molecule has 0 aliphatic carbocycles. The predicted octanol–water partition coefficient (Wildman–Crippen LogP) is 3.17. The van der Waals surface area contributed by atoms with Crippen molar-refractivity contribution in [2.24, 2.45) is 0 Å². The number of nitrogens with one attached hydrogen (secondary N) is 2. The lowest BCUT2D eigenvalue weighted by molar-refractivity contribution is 0.0938. The third-order valence-electron chi connectivity index (χ3n) is 2.92. The van der Waals surface area contributed by atoms with Crippen LogP contribution in [0.15, 0.2) is 24.4 Å². The lowest BCUT2D eigenvalue weighted by atomic mass is 10.1. The number of hydrogen-bond donors (Lipinski definition) is 2. The minimum absolute atomic E-state index is 0.151. The van der Waals surface area contributed by atoms with Gasteiger partial charge in [0.1, 0.15) is 5.82 Å². The molecule has 1 amide bonds. The topological polar surface area (TPSA) is 57.8 Å². The van der Waals surface area contributed by atoms with Gasteiger partial charge in [0.2, 0.25) is 0 Å². The van der Waals surface area contributed by atoms with E-state index in [1.165, 1.54) is 0 Å². The Morgan fingerprint density at radius 1 is 1.42 bits per heavy atom. The van der Waals surface area contributed by atoms with Crippen LogP contribution in [0.25, 0.3) is 0 Å². The number of benzene rings is 1. The number of aryl methyl sites for hydroxylation is 2. The van der Waals surface area contributed by atoms with Crippen LogP contribution in [0.2, 0.25) is 5.02 Å². The van der Waals surface area contributed by atoms with E-state index in [1.54, 1.807) is 18.3 Å². The standard InChI is InChI=1S/C14H16ClN3O/c1-8-4-5-11(15)6-12(8)14(19)18-10(3)13-16-7-9(2)17-13/h4-7,10H,1-3H3,(H,16,17)(H,18,19)/t10-/m0/s1. The second-order valence-electron chi connectivity index (χ2n) is 4.61. The van der Waals surface area contributed by atoms with Crippen molar-refractivity contribution in [3.8, 4) is 0 Å². The Labute approximate surface area is 117 Å². The lowest BCUT2D eigenvalue weighted by Crippen LogP contribution is -2.28. The summed E-state index contributed by atoms with van der Waals surface area (Å²) in [5.74, 6) is 0.590. The molecule has 0 aliphatic heterocycles. The van der Waals surface area contributed by atoms with E-state index in [0.717, 1.165) is 17.1 Å². The van der Waals surface area contributed by atoms with Gasteiger partial charge in [0.25, 0.3) is 5.91 Å². The van der Waals surface area contributed by atoms with Crippen molar-refractivity contribution >= 4 is 17.5 Å². The Balaban J connectivity index is 2.15. The maximum Gasteiger partial charge on any atom is 0.252 e. The highest BCUT2D eigenvalue weighted by Gasteiger charge is 2.15. The molecular formula is C14H16ClN3O. The number of H-pyrrole nitrogens is 1. The van der Waals surface area contributed by atoms with E-state index < -0.39 is 0 Å². The molecule has 1 aromatic carbocycles. The normalized spacial score (nSPS) is 12.2. The summed E-state index contributed by atoms with van der Waals surface area (Å²) in [5, 5.41) is 3.46. The van der Waals surface area contributed by atoms with Crippen LogP contribution in [-0.2, 0) is 0 Å². The molecule has 1 heterocycles. The van der Waals surface area contributed by atoms with Crippen LogP contribution in [-0.4, -0.2) is 15.9 Å². The maximum atomic E-state index is 12.2. The average Bonchev–Trinajstić information content (AvgIpc) is 2.79. The zero-order valence-electron chi connectivity index (χ0n) is 11.1. The largest absolute Gasteiger partial charge is 0.344 e. The van der Waals surface area contributed by atoms with E-state index in [2.05, 4.69) is 15.3 Å². The molecule has 19 heavy (non-hydrogen) atoms. The Morgan fingerprint density at radius 2 is 2.16 bits per heavy atom. The number of rotatable bonds is 3. The molecule has 0 aliphatic rings. The third kappa shape index (κ3) is 3.15.